The highest BCUT2D eigenvalue weighted by atomic mass is 16.4. The van der Waals surface area contributed by atoms with E-state index in [-0.39, 0.29) is 5.57 Å². The number of rotatable bonds is 3. The molecule has 0 bridgehead atoms. The quantitative estimate of drug-likeness (QED) is 0.428. The lowest BCUT2D eigenvalue weighted by Crippen LogP contribution is -2.01. The Morgan fingerprint density at radius 1 is 1.78 bits per heavy atom. The second-order valence-corrected chi connectivity index (χ2v) is 1.49. The molecule has 0 aromatic heterocycles. The van der Waals surface area contributed by atoms with Crippen molar-refractivity contribution in [1.82, 2.24) is 0 Å². The van der Waals surface area contributed by atoms with Crippen LogP contribution in [0.3, 0.4) is 0 Å². The fraction of sp³-hybridized carbons (Fsp3) is 0.167. The summed E-state index contributed by atoms with van der Waals surface area (Å²) < 4.78 is 0. The number of aliphatic carboxylic acids is 1. The molecule has 0 heterocycles. The van der Waals surface area contributed by atoms with Crippen LogP contribution in [0.1, 0.15) is 6.42 Å². The first-order valence-electron chi connectivity index (χ1n) is 2.47. The van der Waals surface area contributed by atoms with Crippen LogP contribution in [0.25, 0.3) is 0 Å². The summed E-state index contributed by atoms with van der Waals surface area (Å²) in [5.74, 6) is -0.989. The van der Waals surface area contributed by atoms with Gasteiger partial charge in [0.25, 0.3) is 0 Å². The van der Waals surface area contributed by atoms with E-state index >= 15 is 0 Å². The number of hydrogen-bond donors (Lipinski definition) is 2. The molecule has 0 rings (SSSR count). The monoisotopic (exact) mass is 127 g/mol. The maximum Gasteiger partial charge on any atom is 0.333 e. The zero-order chi connectivity index (χ0) is 7.28. The zero-order valence-corrected chi connectivity index (χ0v) is 5.00. The van der Waals surface area contributed by atoms with Crippen LogP contribution < -0.4 is 5.73 Å². The third kappa shape index (κ3) is 2.54. The van der Waals surface area contributed by atoms with Crippen molar-refractivity contribution in [3.63, 3.8) is 0 Å². The van der Waals surface area contributed by atoms with Crippen molar-refractivity contribution in [2.45, 2.75) is 6.42 Å². The molecule has 0 aromatic rings. The van der Waals surface area contributed by atoms with Gasteiger partial charge in [-0.1, -0.05) is 6.08 Å². The first kappa shape index (κ1) is 7.75. The molecule has 3 heteroatoms. The van der Waals surface area contributed by atoms with E-state index < -0.39 is 5.97 Å². The second kappa shape index (κ2) is 3.72. The van der Waals surface area contributed by atoms with Gasteiger partial charge < -0.3 is 10.8 Å². The van der Waals surface area contributed by atoms with Gasteiger partial charge in [-0.15, -0.1) is 6.58 Å². The Bertz CT molecular complexity index is 149. The topological polar surface area (TPSA) is 63.3 Å². The minimum atomic E-state index is -0.989. The molecule has 0 unspecified atom stereocenters. The number of allylic oxidation sites excluding steroid dienone is 1. The molecule has 0 saturated heterocycles. The van der Waals surface area contributed by atoms with Crippen molar-refractivity contribution >= 4 is 5.97 Å². The largest absolute Gasteiger partial charge is 0.478 e. The molecule has 0 aliphatic rings. The van der Waals surface area contributed by atoms with Crippen LogP contribution in [0.15, 0.2) is 24.4 Å². The molecular formula is C6H9NO2. The van der Waals surface area contributed by atoms with Crippen LogP contribution in [-0.4, -0.2) is 11.1 Å². The fourth-order valence-corrected chi connectivity index (χ4v) is 0.382. The molecule has 0 radical (unpaired) electrons. The lowest BCUT2D eigenvalue weighted by molar-refractivity contribution is -0.132. The molecule has 0 aliphatic heterocycles. The molecule has 0 aliphatic carbocycles. The Hall–Kier alpha value is -1.25. The van der Waals surface area contributed by atoms with E-state index in [0.717, 1.165) is 6.20 Å². The fourth-order valence-electron chi connectivity index (χ4n) is 0.382. The summed E-state index contributed by atoms with van der Waals surface area (Å²) >= 11 is 0. The third-order valence-corrected chi connectivity index (χ3v) is 0.840. The van der Waals surface area contributed by atoms with E-state index in [1.54, 1.807) is 0 Å². The Morgan fingerprint density at radius 3 is 2.44 bits per heavy atom. The predicted molar refractivity (Wildman–Crippen MR) is 34.7 cm³/mol. The molecule has 0 amide bonds. The SMILES string of the molecule is C=CCC(=CN)C(=O)O. The highest BCUT2D eigenvalue weighted by molar-refractivity contribution is 5.86. The summed E-state index contributed by atoms with van der Waals surface area (Å²) in [6.45, 7) is 3.37. The summed E-state index contributed by atoms with van der Waals surface area (Å²) in [5, 5.41) is 8.31. The molecule has 50 valence electrons. The first-order chi connectivity index (χ1) is 4.22. The molecule has 9 heavy (non-hydrogen) atoms. The van der Waals surface area contributed by atoms with E-state index in [4.69, 9.17) is 10.8 Å². The summed E-state index contributed by atoms with van der Waals surface area (Å²) in [6, 6.07) is 0. The van der Waals surface area contributed by atoms with Gasteiger partial charge in [0.05, 0.1) is 5.57 Å². The molecular weight excluding hydrogens is 118 g/mol. The van der Waals surface area contributed by atoms with Gasteiger partial charge in [-0.25, -0.2) is 4.79 Å². The van der Waals surface area contributed by atoms with E-state index in [2.05, 4.69) is 6.58 Å². The highest BCUT2D eigenvalue weighted by Gasteiger charge is 2.01. The number of carboxylic acids is 1. The third-order valence-electron chi connectivity index (χ3n) is 0.840. The first-order valence-corrected chi connectivity index (χ1v) is 2.47. The molecule has 3 nitrogen and oxygen atoms in total. The summed E-state index contributed by atoms with van der Waals surface area (Å²) in [6.07, 6.45) is 2.88. The molecule has 0 saturated carbocycles. The molecule has 0 aromatic carbocycles. The van der Waals surface area contributed by atoms with Crippen LogP contribution in [0.2, 0.25) is 0 Å². The van der Waals surface area contributed by atoms with Gasteiger partial charge in [-0.2, -0.15) is 0 Å². The van der Waals surface area contributed by atoms with E-state index in [1.807, 2.05) is 0 Å². The van der Waals surface area contributed by atoms with Crippen molar-refractivity contribution in [2.75, 3.05) is 0 Å². The molecule has 0 spiro atoms. The average Bonchev–Trinajstić information content (AvgIpc) is 1.82. The average molecular weight is 127 g/mol. The lowest BCUT2D eigenvalue weighted by Gasteiger charge is -1.92. The Balaban J connectivity index is 4.00. The van der Waals surface area contributed by atoms with Crippen molar-refractivity contribution in [3.05, 3.63) is 24.4 Å². The van der Waals surface area contributed by atoms with Crippen LogP contribution in [0.4, 0.5) is 0 Å². The molecule has 3 N–H and O–H groups in total. The van der Waals surface area contributed by atoms with Crippen molar-refractivity contribution in [2.24, 2.45) is 5.73 Å². The van der Waals surface area contributed by atoms with Gasteiger partial charge in [-0.05, 0) is 6.42 Å². The maximum absolute atomic E-state index is 10.1. The van der Waals surface area contributed by atoms with E-state index in [9.17, 15) is 4.79 Å². The van der Waals surface area contributed by atoms with Gasteiger partial charge in [-0.3, -0.25) is 0 Å². The normalized spacial score (nSPS) is 10.9. The van der Waals surface area contributed by atoms with Gasteiger partial charge in [0.1, 0.15) is 0 Å². The van der Waals surface area contributed by atoms with E-state index in [1.165, 1.54) is 6.08 Å². The second-order valence-electron chi connectivity index (χ2n) is 1.49. The number of nitrogens with two attached hydrogens (primary N) is 1. The summed E-state index contributed by atoms with van der Waals surface area (Å²) in [7, 11) is 0. The minimum absolute atomic E-state index is 0.171. The van der Waals surface area contributed by atoms with Crippen LogP contribution >= 0.6 is 0 Å². The lowest BCUT2D eigenvalue weighted by atomic mass is 10.2. The van der Waals surface area contributed by atoms with Crippen LogP contribution in [0, 0.1) is 0 Å². The highest BCUT2D eigenvalue weighted by Crippen LogP contribution is 1.98. The van der Waals surface area contributed by atoms with E-state index in [0.29, 0.717) is 6.42 Å². The number of hydrogen-bond acceptors (Lipinski definition) is 2. The van der Waals surface area contributed by atoms with Gasteiger partial charge in [0.2, 0.25) is 0 Å². The standard InChI is InChI=1S/C6H9NO2/c1-2-3-5(4-7)6(8)9/h2,4H,1,3,7H2,(H,8,9). The minimum Gasteiger partial charge on any atom is -0.478 e. The van der Waals surface area contributed by atoms with Crippen molar-refractivity contribution in [1.29, 1.82) is 0 Å². The Labute approximate surface area is 53.5 Å². The van der Waals surface area contributed by atoms with Gasteiger partial charge in [0.15, 0.2) is 0 Å². The zero-order valence-electron chi connectivity index (χ0n) is 5.00. The molecule has 0 fully saturated rings. The molecule has 0 atom stereocenters. The Morgan fingerprint density at radius 2 is 2.33 bits per heavy atom. The summed E-state index contributed by atoms with van der Waals surface area (Å²) in [4.78, 5) is 10.1. The Kier molecular flexibility index (Phi) is 3.20. The summed E-state index contributed by atoms with van der Waals surface area (Å²) in [5.41, 5.74) is 5.14. The number of carboxylic acid groups (broad SMARTS) is 1. The van der Waals surface area contributed by atoms with Crippen LogP contribution in [0.5, 0.6) is 0 Å². The smallest absolute Gasteiger partial charge is 0.333 e. The van der Waals surface area contributed by atoms with Gasteiger partial charge >= 0.3 is 5.97 Å². The van der Waals surface area contributed by atoms with Gasteiger partial charge in [0, 0.05) is 6.20 Å². The predicted octanol–water partition coefficient (Wildman–Crippen LogP) is 0.490. The van der Waals surface area contributed by atoms with Crippen molar-refractivity contribution < 1.29 is 9.90 Å². The maximum atomic E-state index is 10.1. The van der Waals surface area contributed by atoms with Crippen molar-refractivity contribution in [3.8, 4) is 0 Å². The van der Waals surface area contributed by atoms with Crippen LogP contribution in [-0.2, 0) is 4.79 Å². The number of carbonyl (C=O) groups is 1.